The van der Waals surface area contributed by atoms with Gasteiger partial charge in [0, 0.05) is 52.2 Å². The number of hydrogen-bond acceptors (Lipinski definition) is 7. The zero-order chi connectivity index (χ0) is 15.5. The lowest BCUT2D eigenvalue weighted by Gasteiger charge is -2.34. The average Bonchev–Trinajstić information content (AvgIpc) is 2.93. The van der Waals surface area contributed by atoms with Crippen molar-refractivity contribution >= 4 is 23.0 Å². The number of nitrogens with zero attached hydrogens (tertiary/aromatic N) is 6. The summed E-state index contributed by atoms with van der Waals surface area (Å²) in [7, 11) is 3.95. The summed E-state index contributed by atoms with van der Waals surface area (Å²) in [5.74, 6) is 1.86. The fourth-order valence-electron chi connectivity index (χ4n) is 2.57. The van der Waals surface area contributed by atoms with Gasteiger partial charge in [0.15, 0.2) is 11.6 Å². The van der Waals surface area contributed by atoms with Gasteiger partial charge in [-0.15, -0.1) is 21.5 Å². The molecule has 6 nitrogen and oxygen atoms in total. The average molecular weight is 318 g/mol. The monoisotopic (exact) mass is 318 g/mol. The predicted octanol–water partition coefficient (Wildman–Crippen LogP) is 1.63. The fourth-order valence-corrected chi connectivity index (χ4v) is 3.17. The summed E-state index contributed by atoms with van der Waals surface area (Å²) in [4.78, 5) is 11.3. The lowest BCUT2D eigenvalue weighted by atomic mass is 10.3. The van der Waals surface area contributed by atoms with Crippen molar-refractivity contribution < 1.29 is 0 Å². The Morgan fingerprint density at radius 3 is 2.45 bits per heavy atom. The van der Waals surface area contributed by atoms with Crippen LogP contribution in [0.3, 0.4) is 0 Å². The molecule has 0 amide bonds. The predicted molar refractivity (Wildman–Crippen MR) is 90.7 cm³/mol. The van der Waals surface area contributed by atoms with Gasteiger partial charge in [0.25, 0.3) is 0 Å². The van der Waals surface area contributed by atoms with Crippen molar-refractivity contribution in [3.8, 4) is 0 Å². The van der Waals surface area contributed by atoms with Crippen LogP contribution in [0.25, 0.3) is 0 Å². The van der Waals surface area contributed by atoms with E-state index in [1.165, 1.54) is 5.69 Å². The van der Waals surface area contributed by atoms with Gasteiger partial charge in [-0.05, 0) is 19.1 Å². The highest BCUT2D eigenvalue weighted by molar-refractivity contribution is 7.09. The van der Waals surface area contributed by atoms with Gasteiger partial charge in [0.1, 0.15) is 0 Å². The van der Waals surface area contributed by atoms with Crippen LogP contribution in [0.1, 0.15) is 10.7 Å². The van der Waals surface area contributed by atoms with E-state index in [1.807, 2.05) is 25.1 Å². The SMILES string of the molecule is Cc1nc(CN2CCN(c3ccc(N(C)C)nn3)CC2)cs1. The molecular formula is C15H22N6S. The molecule has 1 fully saturated rings. The molecule has 1 aliphatic rings. The molecule has 22 heavy (non-hydrogen) atoms. The summed E-state index contributed by atoms with van der Waals surface area (Å²) in [5, 5.41) is 11.9. The Bertz CT molecular complexity index is 601. The molecule has 3 heterocycles. The molecule has 2 aromatic heterocycles. The van der Waals surface area contributed by atoms with Crippen molar-refractivity contribution in [2.45, 2.75) is 13.5 Å². The number of piperazine rings is 1. The third kappa shape index (κ3) is 3.53. The van der Waals surface area contributed by atoms with Crippen molar-refractivity contribution in [2.24, 2.45) is 0 Å². The second-order valence-electron chi connectivity index (χ2n) is 5.77. The highest BCUT2D eigenvalue weighted by Crippen LogP contribution is 2.17. The fraction of sp³-hybridized carbons (Fsp3) is 0.533. The minimum absolute atomic E-state index is 0.890. The van der Waals surface area contributed by atoms with E-state index < -0.39 is 0 Å². The van der Waals surface area contributed by atoms with E-state index >= 15 is 0 Å². The Balaban J connectivity index is 1.54. The number of rotatable bonds is 4. The summed E-state index contributed by atoms with van der Waals surface area (Å²) in [5.41, 5.74) is 1.19. The normalized spacial score (nSPS) is 16.0. The molecular weight excluding hydrogens is 296 g/mol. The Hall–Kier alpha value is -1.73. The number of aromatic nitrogens is 3. The first-order valence-corrected chi connectivity index (χ1v) is 8.39. The second kappa shape index (κ2) is 6.58. The smallest absolute Gasteiger partial charge is 0.151 e. The summed E-state index contributed by atoms with van der Waals surface area (Å²) in [6, 6.07) is 4.08. The number of anilines is 2. The Kier molecular flexibility index (Phi) is 4.54. The van der Waals surface area contributed by atoms with Crippen LogP contribution in [0, 0.1) is 6.92 Å². The van der Waals surface area contributed by atoms with E-state index in [-0.39, 0.29) is 0 Å². The molecule has 0 aliphatic carbocycles. The molecule has 0 spiro atoms. The van der Waals surface area contributed by atoms with E-state index in [4.69, 9.17) is 0 Å². The largest absolute Gasteiger partial charge is 0.361 e. The van der Waals surface area contributed by atoms with E-state index in [0.29, 0.717) is 0 Å². The first-order chi connectivity index (χ1) is 10.6. The van der Waals surface area contributed by atoms with E-state index in [1.54, 1.807) is 11.3 Å². The molecule has 0 saturated carbocycles. The van der Waals surface area contributed by atoms with Crippen LogP contribution < -0.4 is 9.80 Å². The number of hydrogen-bond donors (Lipinski definition) is 0. The van der Waals surface area contributed by atoms with Crippen LogP contribution in [0.15, 0.2) is 17.5 Å². The van der Waals surface area contributed by atoms with Gasteiger partial charge < -0.3 is 9.80 Å². The molecule has 0 N–H and O–H groups in total. The maximum atomic E-state index is 4.54. The van der Waals surface area contributed by atoms with Crippen molar-refractivity contribution in [3.05, 3.63) is 28.2 Å². The standard InChI is InChI=1S/C15H22N6S/c1-12-16-13(11-22-12)10-20-6-8-21(9-7-20)15-5-4-14(17-18-15)19(2)3/h4-5,11H,6-10H2,1-3H3. The minimum atomic E-state index is 0.890. The third-order valence-corrected chi connectivity index (χ3v) is 4.67. The summed E-state index contributed by atoms with van der Waals surface area (Å²) >= 11 is 1.72. The quantitative estimate of drug-likeness (QED) is 0.854. The molecule has 1 aliphatic heterocycles. The van der Waals surface area contributed by atoms with Crippen LogP contribution in [-0.4, -0.2) is 60.4 Å². The Labute approximate surface area is 135 Å². The zero-order valence-electron chi connectivity index (χ0n) is 13.4. The highest BCUT2D eigenvalue weighted by atomic mass is 32.1. The van der Waals surface area contributed by atoms with E-state index in [0.717, 1.165) is 49.4 Å². The highest BCUT2D eigenvalue weighted by Gasteiger charge is 2.19. The van der Waals surface area contributed by atoms with Gasteiger partial charge in [-0.2, -0.15) is 0 Å². The first kappa shape index (κ1) is 15.2. The molecule has 2 aromatic rings. The van der Waals surface area contributed by atoms with Crippen LogP contribution in [0.5, 0.6) is 0 Å². The lowest BCUT2D eigenvalue weighted by Crippen LogP contribution is -2.46. The van der Waals surface area contributed by atoms with Crippen LogP contribution in [0.2, 0.25) is 0 Å². The van der Waals surface area contributed by atoms with Crippen LogP contribution >= 0.6 is 11.3 Å². The van der Waals surface area contributed by atoms with E-state index in [9.17, 15) is 0 Å². The molecule has 0 atom stereocenters. The molecule has 0 aromatic carbocycles. The van der Waals surface area contributed by atoms with Gasteiger partial charge in [-0.1, -0.05) is 0 Å². The summed E-state index contributed by atoms with van der Waals surface area (Å²) in [6.45, 7) is 7.05. The summed E-state index contributed by atoms with van der Waals surface area (Å²) < 4.78 is 0. The van der Waals surface area contributed by atoms with Gasteiger partial charge in [0.2, 0.25) is 0 Å². The van der Waals surface area contributed by atoms with Crippen molar-refractivity contribution in [1.82, 2.24) is 20.1 Å². The maximum absolute atomic E-state index is 4.54. The maximum Gasteiger partial charge on any atom is 0.151 e. The van der Waals surface area contributed by atoms with Crippen molar-refractivity contribution in [3.63, 3.8) is 0 Å². The van der Waals surface area contributed by atoms with Gasteiger partial charge in [0.05, 0.1) is 10.7 Å². The molecule has 118 valence electrons. The minimum Gasteiger partial charge on any atom is -0.361 e. The molecule has 3 rings (SSSR count). The zero-order valence-corrected chi connectivity index (χ0v) is 14.2. The Morgan fingerprint density at radius 2 is 1.91 bits per heavy atom. The van der Waals surface area contributed by atoms with Gasteiger partial charge in [-0.3, -0.25) is 4.90 Å². The number of thiazole rings is 1. The molecule has 0 bridgehead atoms. The van der Waals surface area contributed by atoms with Crippen molar-refractivity contribution in [2.75, 3.05) is 50.1 Å². The van der Waals surface area contributed by atoms with Crippen molar-refractivity contribution in [1.29, 1.82) is 0 Å². The van der Waals surface area contributed by atoms with Gasteiger partial charge >= 0.3 is 0 Å². The summed E-state index contributed by atoms with van der Waals surface area (Å²) in [6.07, 6.45) is 0. The molecule has 7 heteroatoms. The third-order valence-electron chi connectivity index (χ3n) is 3.84. The first-order valence-electron chi connectivity index (χ1n) is 7.51. The van der Waals surface area contributed by atoms with Crippen LogP contribution in [0.4, 0.5) is 11.6 Å². The Morgan fingerprint density at radius 1 is 1.14 bits per heavy atom. The molecule has 1 saturated heterocycles. The molecule has 0 unspecified atom stereocenters. The molecule has 0 radical (unpaired) electrons. The lowest BCUT2D eigenvalue weighted by molar-refractivity contribution is 0.247. The van der Waals surface area contributed by atoms with E-state index in [2.05, 4.69) is 43.4 Å². The second-order valence-corrected chi connectivity index (χ2v) is 6.83. The number of aryl methyl sites for hydroxylation is 1. The van der Waals surface area contributed by atoms with Crippen LogP contribution in [-0.2, 0) is 6.54 Å². The van der Waals surface area contributed by atoms with Gasteiger partial charge in [-0.25, -0.2) is 4.98 Å². The topological polar surface area (TPSA) is 48.4 Å².